The lowest BCUT2D eigenvalue weighted by Gasteiger charge is -2.28. The SMILES string of the molecule is CCCCCCc1ccc2c(c1)-c1oc(C(=O)O)c(C)c(=O)c1C(CCCC)O2. The molecule has 0 amide bonds. The Labute approximate surface area is 171 Å². The van der Waals surface area contributed by atoms with Gasteiger partial charge in [-0.2, -0.15) is 0 Å². The Morgan fingerprint density at radius 2 is 1.86 bits per heavy atom. The largest absolute Gasteiger partial charge is 0.485 e. The summed E-state index contributed by atoms with van der Waals surface area (Å²) in [7, 11) is 0. The summed E-state index contributed by atoms with van der Waals surface area (Å²) in [5.74, 6) is -0.504. The lowest BCUT2D eigenvalue weighted by atomic mass is 9.92. The van der Waals surface area contributed by atoms with Gasteiger partial charge in [-0.15, -0.1) is 0 Å². The molecule has 1 unspecified atom stereocenters. The predicted octanol–water partition coefficient (Wildman–Crippen LogP) is 6.06. The molecular formula is C24H30O5. The molecule has 0 fully saturated rings. The van der Waals surface area contributed by atoms with Crippen molar-refractivity contribution < 1.29 is 19.1 Å². The summed E-state index contributed by atoms with van der Waals surface area (Å²) in [4.78, 5) is 24.7. The maximum atomic E-state index is 13.0. The minimum atomic E-state index is -1.23. The zero-order chi connectivity index (χ0) is 21.0. The molecule has 0 saturated heterocycles. The van der Waals surface area contributed by atoms with Crippen LogP contribution in [0.4, 0.5) is 0 Å². The predicted molar refractivity (Wildman–Crippen MR) is 113 cm³/mol. The zero-order valence-corrected chi connectivity index (χ0v) is 17.5. The van der Waals surface area contributed by atoms with Crippen molar-refractivity contribution >= 4 is 5.97 Å². The minimum absolute atomic E-state index is 0.125. The van der Waals surface area contributed by atoms with Gasteiger partial charge in [0.2, 0.25) is 5.76 Å². The third-order valence-corrected chi connectivity index (χ3v) is 5.59. The normalized spacial score (nSPS) is 14.8. The van der Waals surface area contributed by atoms with Gasteiger partial charge in [0.15, 0.2) is 5.43 Å². The summed E-state index contributed by atoms with van der Waals surface area (Å²) < 4.78 is 12.0. The molecule has 0 radical (unpaired) electrons. The van der Waals surface area contributed by atoms with E-state index in [1.54, 1.807) is 0 Å². The maximum Gasteiger partial charge on any atom is 0.372 e. The molecule has 2 aromatic rings. The molecule has 3 rings (SSSR count). The van der Waals surface area contributed by atoms with E-state index in [-0.39, 0.29) is 16.8 Å². The summed E-state index contributed by atoms with van der Waals surface area (Å²) >= 11 is 0. The highest BCUT2D eigenvalue weighted by molar-refractivity contribution is 5.87. The van der Waals surface area contributed by atoms with E-state index in [4.69, 9.17) is 9.15 Å². The van der Waals surface area contributed by atoms with Crippen molar-refractivity contribution in [2.24, 2.45) is 0 Å². The molecule has 1 aromatic carbocycles. The maximum absolute atomic E-state index is 13.0. The third kappa shape index (κ3) is 4.39. The molecule has 29 heavy (non-hydrogen) atoms. The van der Waals surface area contributed by atoms with Gasteiger partial charge in [0, 0.05) is 5.56 Å². The standard InChI is InChI=1S/C24H30O5/c1-4-6-8-9-10-16-12-13-18-17(14-16)23-20(19(28-18)11-7-5-2)21(25)15(3)22(29-23)24(26)27/h12-14,19H,4-11H2,1-3H3,(H,26,27). The van der Waals surface area contributed by atoms with Crippen LogP contribution in [0.3, 0.4) is 0 Å². The third-order valence-electron chi connectivity index (χ3n) is 5.59. The van der Waals surface area contributed by atoms with Crippen LogP contribution in [0, 0.1) is 6.92 Å². The van der Waals surface area contributed by atoms with E-state index < -0.39 is 12.1 Å². The molecule has 0 spiro atoms. The smallest absolute Gasteiger partial charge is 0.372 e. The molecule has 1 aliphatic heterocycles. The molecular weight excluding hydrogens is 368 g/mol. The van der Waals surface area contributed by atoms with Gasteiger partial charge in [0.25, 0.3) is 0 Å². The first-order valence-electron chi connectivity index (χ1n) is 10.7. The van der Waals surface area contributed by atoms with Crippen LogP contribution in [0.25, 0.3) is 11.3 Å². The number of carbonyl (C=O) groups is 1. The van der Waals surface area contributed by atoms with Gasteiger partial charge in [0.05, 0.1) is 11.1 Å². The fourth-order valence-electron chi connectivity index (χ4n) is 3.91. The molecule has 5 nitrogen and oxygen atoms in total. The van der Waals surface area contributed by atoms with E-state index >= 15 is 0 Å². The summed E-state index contributed by atoms with van der Waals surface area (Å²) in [6.07, 6.45) is 7.78. The van der Waals surface area contributed by atoms with Crippen LogP contribution >= 0.6 is 0 Å². The monoisotopic (exact) mass is 398 g/mol. The zero-order valence-electron chi connectivity index (χ0n) is 17.5. The number of benzene rings is 1. The highest BCUT2D eigenvalue weighted by Crippen LogP contribution is 2.44. The molecule has 0 aliphatic carbocycles. The van der Waals surface area contributed by atoms with Crippen molar-refractivity contribution in [1.82, 2.24) is 0 Å². The van der Waals surface area contributed by atoms with E-state index in [0.717, 1.165) is 31.2 Å². The Kier molecular flexibility index (Phi) is 6.78. The van der Waals surface area contributed by atoms with Crippen molar-refractivity contribution in [1.29, 1.82) is 0 Å². The van der Waals surface area contributed by atoms with E-state index in [9.17, 15) is 14.7 Å². The number of rotatable bonds is 9. The van der Waals surface area contributed by atoms with Crippen molar-refractivity contribution in [3.8, 4) is 17.1 Å². The van der Waals surface area contributed by atoms with Gasteiger partial charge >= 0.3 is 5.97 Å². The first-order valence-corrected chi connectivity index (χ1v) is 10.7. The molecule has 0 bridgehead atoms. The van der Waals surface area contributed by atoms with Crippen molar-refractivity contribution in [2.45, 2.75) is 78.2 Å². The van der Waals surface area contributed by atoms with Gasteiger partial charge in [-0.05, 0) is 50.3 Å². The van der Waals surface area contributed by atoms with Gasteiger partial charge in [-0.3, -0.25) is 4.79 Å². The highest BCUT2D eigenvalue weighted by Gasteiger charge is 2.33. The molecule has 1 aliphatic rings. The molecule has 5 heteroatoms. The number of hydrogen-bond donors (Lipinski definition) is 1. The van der Waals surface area contributed by atoms with Crippen LogP contribution in [-0.2, 0) is 6.42 Å². The second kappa shape index (κ2) is 9.29. The quantitative estimate of drug-likeness (QED) is 0.520. The number of aromatic carboxylic acids is 1. The molecule has 156 valence electrons. The van der Waals surface area contributed by atoms with Gasteiger partial charge in [0.1, 0.15) is 17.6 Å². The van der Waals surface area contributed by atoms with Gasteiger partial charge < -0.3 is 14.3 Å². The fourth-order valence-corrected chi connectivity index (χ4v) is 3.91. The number of hydrogen-bond acceptors (Lipinski definition) is 4. The van der Waals surface area contributed by atoms with E-state index in [1.165, 1.54) is 26.2 Å². The number of carboxylic acid groups (broad SMARTS) is 1. The summed E-state index contributed by atoms with van der Waals surface area (Å²) in [5, 5.41) is 9.50. The first kappa shape index (κ1) is 21.2. The van der Waals surface area contributed by atoms with Crippen molar-refractivity contribution in [3.63, 3.8) is 0 Å². The number of carboxylic acids is 1. The van der Waals surface area contributed by atoms with E-state index in [2.05, 4.69) is 19.9 Å². The molecule has 1 atom stereocenters. The Balaban J connectivity index is 2.07. The lowest BCUT2D eigenvalue weighted by Crippen LogP contribution is -2.26. The summed E-state index contributed by atoms with van der Waals surface area (Å²) in [6.45, 7) is 5.78. The lowest BCUT2D eigenvalue weighted by molar-refractivity contribution is 0.0657. The number of ether oxygens (including phenoxy) is 1. The van der Waals surface area contributed by atoms with Crippen LogP contribution in [-0.4, -0.2) is 11.1 Å². The topological polar surface area (TPSA) is 76.7 Å². The number of fused-ring (bicyclic) bond motifs is 3. The highest BCUT2D eigenvalue weighted by atomic mass is 16.5. The molecule has 2 heterocycles. The number of aryl methyl sites for hydroxylation is 1. The first-order chi connectivity index (χ1) is 14.0. The molecule has 0 saturated carbocycles. The number of unbranched alkanes of at least 4 members (excludes halogenated alkanes) is 4. The van der Waals surface area contributed by atoms with Crippen LogP contribution in [0.15, 0.2) is 27.4 Å². The summed E-state index contributed by atoms with van der Waals surface area (Å²) in [5.41, 5.74) is 2.11. The summed E-state index contributed by atoms with van der Waals surface area (Å²) in [6, 6.07) is 5.96. The van der Waals surface area contributed by atoms with Gasteiger partial charge in [-0.25, -0.2) is 4.79 Å². The van der Waals surface area contributed by atoms with Crippen molar-refractivity contribution in [2.75, 3.05) is 0 Å². The van der Waals surface area contributed by atoms with Crippen LogP contribution in [0.1, 0.15) is 92.1 Å². The Morgan fingerprint density at radius 3 is 2.55 bits per heavy atom. The second-order valence-electron chi connectivity index (χ2n) is 7.82. The fraction of sp³-hybridized carbons (Fsp3) is 0.500. The van der Waals surface area contributed by atoms with Crippen LogP contribution in [0.2, 0.25) is 0 Å². The Hall–Kier alpha value is -2.56. The molecule has 1 N–H and O–H groups in total. The minimum Gasteiger partial charge on any atom is -0.485 e. The van der Waals surface area contributed by atoms with Crippen molar-refractivity contribution in [3.05, 3.63) is 50.9 Å². The van der Waals surface area contributed by atoms with E-state index in [0.29, 0.717) is 29.1 Å². The molecule has 1 aromatic heterocycles. The van der Waals surface area contributed by atoms with Crippen LogP contribution in [0.5, 0.6) is 5.75 Å². The van der Waals surface area contributed by atoms with Crippen LogP contribution < -0.4 is 10.2 Å². The average Bonchev–Trinajstić information content (AvgIpc) is 2.71. The second-order valence-corrected chi connectivity index (χ2v) is 7.82. The Morgan fingerprint density at radius 1 is 1.10 bits per heavy atom. The Bertz CT molecular complexity index is 941. The van der Waals surface area contributed by atoms with Gasteiger partial charge in [-0.1, -0.05) is 45.6 Å². The van der Waals surface area contributed by atoms with E-state index in [1.807, 2.05) is 12.1 Å². The average molecular weight is 398 g/mol.